The number of nitrogens with zero attached hydrogens (tertiary/aromatic N) is 4. The van der Waals surface area contributed by atoms with Gasteiger partial charge < -0.3 is 10.2 Å². The molecule has 6 nitrogen and oxygen atoms in total. The van der Waals surface area contributed by atoms with Crippen LogP contribution in [0.2, 0.25) is 0 Å². The normalized spacial score (nSPS) is 15.7. The van der Waals surface area contributed by atoms with Crippen LogP contribution in [0.25, 0.3) is 0 Å². The molecule has 1 amide bonds. The number of anilines is 3. The van der Waals surface area contributed by atoms with Crippen LogP contribution in [0.5, 0.6) is 0 Å². The molecule has 0 saturated heterocycles. The van der Waals surface area contributed by atoms with Crippen molar-refractivity contribution in [2.45, 2.75) is 5.54 Å². The summed E-state index contributed by atoms with van der Waals surface area (Å²) in [5.41, 5.74) is 4.52. The zero-order chi connectivity index (χ0) is 22.3. The number of carbonyl (C=O) groups excluding carboxylic acids is 1. The predicted molar refractivity (Wildman–Crippen MR) is 126 cm³/mol. The molecular formula is C26H21N5O. The van der Waals surface area contributed by atoms with Gasteiger partial charge in [0.05, 0.1) is 6.21 Å². The average molecular weight is 419 g/mol. The van der Waals surface area contributed by atoms with E-state index in [1.54, 1.807) is 12.3 Å². The summed E-state index contributed by atoms with van der Waals surface area (Å²) in [6.07, 6.45) is 3.40. The number of benzene rings is 3. The largest absolute Gasteiger partial charge is 0.378 e. The van der Waals surface area contributed by atoms with E-state index < -0.39 is 11.4 Å². The number of nitrogens with one attached hydrogen (secondary N) is 1. The van der Waals surface area contributed by atoms with Crippen molar-refractivity contribution in [1.82, 2.24) is 5.01 Å². The smallest absolute Gasteiger partial charge is 0.285 e. The van der Waals surface area contributed by atoms with Gasteiger partial charge in [-0.3, -0.25) is 4.79 Å². The first-order valence-corrected chi connectivity index (χ1v) is 10.3. The summed E-state index contributed by atoms with van der Waals surface area (Å²) in [4.78, 5) is 15.3. The Hall–Kier alpha value is -4.37. The van der Waals surface area contributed by atoms with Gasteiger partial charge in [-0.15, -0.1) is 0 Å². The summed E-state index contributed by atoms with van der Waals surface area (Å²) in [5, 5.41) is 19.2. The van der Waals surface area contributed by atoms with Gasteiger partial charge in [-0.25, -0.2) is 5.01 Å². The van der Waals surface area contributed by atoms with E-state index in [9.17, 15) is 10.1 Å². The average Bonchev–Trinajstić information content (AvgIpc) is 3.10. The maximum atomic E-state index is 13.3. The van der Waals surface area contributed by atoms with E-state index in [1.807, 2.05) is 91.8 Å². The van der Waals surface area contributed by atoms with E-state index in [1.165, 1.54) is 5.01 Å². The van der Waals surface area contributed by atoms with Crippen molar-refractivity contribution >= 4 is 29.2 Å². The third-order valence-electron chi connectivity index (χ3n) is 5.91. The second-order valence-electron chi connectivity index (χ2n) is 8.00. The maximum absolute atomic E-state index is 13.3. The number of hydrazone groups is 1. The first kappa shape index (κ1) is 19.6. The van der Waals surface area contributed by atoms with E-state index in [0.29, 0.717) is 0 Å². The van der Waals surface area contributed by atoms with E-state index >= 15 is 0 Å². The van der Waals surface area contributed by atoms with E-state index in [-0.39, 0.29) is 5.57 Å². The molecule has 0 unspecified atom stereocenters. The fraction of sp³-hybridized carbons (Fsp3) is 0.115. The molecule has 2 aliphatic rings. The number of fused-ring (bicyclic) bond motifs is 4. The summed E-state index contributed by atoms with van der Waals surface area (Å²) >= 11 is 0. The Morgan fingerprint density at radius 3 is 2.12 bits per heavy atom. The quantitative estimate of drug-likeness (QED) is 0.640. The highest BCUT2D eigenvalue weighted by molar-refractivity contribution is 6.03. The van der Waals surface area contributed by atoms with Crippen molar-refractivity contribution in [1.29, 1.82) is 5.26 Å². The number of rotatable bonds is 3. The molecule has 0 bridgehead atoms. The Morgan fingerprint density at radius 2 is 1.56 bits per heavy atom. The predicted octanol–water partition coefficient (Wildman–Crippen LogP) is 4.38. The summed E-state index contributed by atoms with van der Waals surface area (Å²) in [6, 6.07) is 25.6. The number of nitriles is 1. The molecule has 6 heteroatoms. The van der Waals surface area contributed by atoms with Crippen LogP contribution < -0.4 is 10.2 Å². The fourth-order valence-electron chi connectivity index (χ4n) is 4.34. The number of amides is 1. The van der Waals surface area contributed by atoms with Crippen LogP contribution in [0.1, 0.15) is 16.7 Å². The van der Waals surface area contributed by atoms with Gasteiger partial charge in [-0.1, -0.05) is 48.5 Å². The minimum absolute atomic E-state index is 0.0802. The molecule has 2 aliphatic heterocycles. The van der Waals surface area contributed by atoms with Crippen molar-refractivity contribution in [3.63, 3.8) is 0 Å². The lowest BCUT2D eigenvalue weighted by molar-refractivity contribution is -0.128. The molecule has 0 saturated carbocycles. The third kappa shape index (κ3) is 2.87. The Morgan fingerprint density at radius 1 is 0.969 bits per heavy atom. The lowest BCUT2D eigenvalue weighted by Crippen LogP contribution is -2.44. The van der Waals surface area contributed by atoms with E-state index in [4.69, 9.17) is 0 Å². The molecule has 3 aromatic carbocycles. The van der Waals surface area contributed by atoms with Gasteiger partial charge in [0.1, 0.15) is 17.2 Å². The van der Waals surface area contributed by atoms with Gasteiger partial charge in [0.2, 0.25) is 0 Å². The van der Waals surface area contributed by atoms with Gasteiger partial charge in [0.15, 0.2) is 0 Å². The molecule has 32 heavy (non-hydrogen) atoms. The number of hydrogen-bond donors (Lipinski definition) is 1. The number of hydrogen-bond acceptors (Lipinski definition) is 5. The Balaban J connectivity index is 1.67. The van der Waals surface area contributed by atoms with Crippen molar-refractivity contribution in [3.8, 4) is 6.07 Å². The van der Waals surface area contributed by atoms with E-state index in [2.05, 4.69) is 16.5 Å². The monoisotopic (exact) mass is 419 g/mol. The molecule has 0 aromatic heterocycles. The molecule has 2 heterocycles. The molecule has 156 valence electrons. The number of carbonyl (C=O) groups is 1. The van der Waals surface area contributed by atoms with Gasteiger partial charge in [-0.05, 0) is 35.9 Å². The topological polar surface area (TPSA) is 71.7 Å². The lowest BCUT2D eigenvalue weighted by atomic mass is 9.78. The minimum Gasteiger partial charge on any atom is -0.378 e. The summed E-state index contributed by atoms with van der Waals surface area (Å²) in [7, 11) is 3.97. The van der Waals surface area contributed by atoms with Crippen molar-refractivity contribution < 1.29 is 4.79 Å². The second kappa shape index (κ2) is 7.40. The molecule has 5 rings (SSSR count). The summed E-state index contributed by atoms with van der Waals surface area (Å²) < 4.78 is 0. The highest BCUT2D eigenvalue weighted by atomic mass is 16.2. The molecule has 1 spiro atoms. The zero-order valence-corrected chi connectivity index (χ0v) is 17.8. The highest BCUT2D eigenvalue weighted by Gasteiger charge is 2.52. The second-order valence-corrected chi connectivity index (χ2v) is 8.00. The Bertz CT molecular complexity index is 1270. The van der Waals surface area contributed by atoms with Crippen LogP contribution in [0.15, 0.2) is 89.5 Å². The van der Waals surface area contributed by atoms with Gasteiger partial charge >= 0.3 is 0 Å². The van der Waals surface area contributed by atoms with Crippen LogP contribution >= 0.6 is 0 Å². The summed E-state index contributed by atoms with van der Waals surface area (Å²) in [6.45, 7) is 0. The van der Waals surface area contributed by atoms with Crippen molar-refractivity contribution in [3.05, 3.63) is 101 Å². The van der Waals surface area contributed by atoms with Crippen LogP contribution in [0, 0.1) is 11.3 Å². The minimum atomic E-state index is -0.999. The SMILES string of the molecule is CN(C)c1ccc(/C=N\N2C(=O)C(C#N)=CC23c2ccccc2Nc2ccccc23)cc1. The molecule has 0 atom stereocenters. The van der Waals surface area contributed by atoms with Crippen LogP contribution in [-0.4, -0.2) is 31.2 Å². The van der Waals surface area contributed by atoms with Crippen LogP contribution in [-0.2, 0) is 10.3 Å². The summed E-state index contributed by atoms with van der Waals surface area (Å²) in [5.74, 6) is -0.417. The maximum Gasteiger partial charge on any atom is 0.285 e. The Labute approximate surface area is 186 Å². The van der Waals surface area contributed by atoms with Gasteiger partial charge in [0.25, 0.3) is 5.91 Å². The van der Waals surface area contributed by atoms with Gasteiger partial charge in [0, 0.05) is 42.3 Å². The molecule has 0 aliphatic carbocycles. The van der Waals surface area contributed by atoms with Crippen molar-refractivity contribution in [2.24, 2.45) is 5.10 Å². The fourth-order valence-corrected chi connectivity index (χ4v) is 4.34. The molecule has 0 fully saturated rings. The molecule has 0 radical (unpaired) electrons. The third-order valence-corrected chi connectivity index (χ3v) is 5.91. The van der Waals surface area contributed by atoms with Crippen molar-refractivity contribution in [2.75, 3.05) is 24.3 Å². The van der Waals surface area contributed by atoms with Gasteiger partial charge in [-0.2, -0.15) is 10.4 Å². The first-order chi connectivity index (χ1) is 15.5. The first-order valence-electron chi connectivity index (χ1n) is 10.3. The molecule has 1 N–H and O–H groups in total. The standard InChI is InChI=1S/C26H21N5O/c1-30(2)20-13-11-18(12-14-20)17-28-31-25(32)19(16-27)15-26(31)21-7-3-5-9-23(21)29-24-10-6-4-8-22(24)26/h3-15,17,29H,1-2H3/b28-17-. The van der Waals surface area contributed by atoms with E-state index in [0.717, 1.165) is 33.8 Å². The highest BCUT2D eigenvalue weighted by Crippen LogP contribution is 2.51. The van der Waals surface area contributed by atoms with Crippen LogP contribution in [0.4, 0.5) is 17.1 Å². The van der Waals surface area contributed by atoms with Crippen LogP contribution in [0.3, 0.4) is 0 Å². The lowest BCUT2D eigenvalue weighted by Gasteiger charge is -2.41. The zero-order valence-electron chi connectivity index (χ0n) is 17.8. The number of para-hydroxylation sites is 2. The Kier molecular flexibility index (Phi) is 4.53. The molecular weight excluding hydrogens is 398 g/mol. The molecule has 3 aromatic rings.